The predicted octanol–water partition coefficient (Wildman–Crippen LogP) is 0.895. The summed E-state index contributed by atoms with van der Waals surface area (Å²) in [6, 6.07) is 5.65. The molecular formula is C12H17N3O. The molecule has 1 aliphatic heterocycles. The summed E-state index contributed by atoms with van der Waals surface area (Å²) in [5.41, 5.74) is 14.3. The highest BCUT2D eigenvalue weighted by Crippen LogP contribution is 2.29. The lowest BCUT2D eigenvalue weighted by atomic mass is 10.00. The van der Waals surface area contributed by atoms with Gasteiger partial charge in [-0.3, -0.25) is 4.79 Å². The van der Waals surface area contributed by atoms with Crippen LogP contribution >= 0.6 is 0 Å². The number of nitrogens with two attached hydrogens (primary N) is 2. The molecule has 1 heterocycles. The van der Waals surface area contributed by atoms with Gasteiger partial charge in [0.1, 0.15) is 0 Å². The van der Waals surface area contributed by atoms with Crippen molar-refractivity contribution in [2.24, 2.45) is 5.73 Å². The van der Waals surface area contributed by atoms with Crippen molar-refractivity contribution >= 4 is 17.3 Å². The second kappa shape index (κ2) is 4.14. The number of nitrogen functional groups attached to an aromatic ring is 1. The molecule has 1 aromatic carbocycles. The summed E-state index contributed by atoms with van der Waals surface area (Å²) in [6.07, 6.45) is 1.32. The van der Waals surface area contributed by atoms with Crippen molar-refractivity contribution in [3.8, 4) is 0 Å². The number of carbonyl (C=O) groups is 1. The van der Waals surface area contributed by atoms with Gasteiger partial charge in [0, 0.05) is 30.4 Å². The molecule has 0 spiro atoms. The Hall–Kier alpha value is -1.55. The van der Waals surface area contributed by atoms with Crippen molar-refractivity contribution in [3.05, 3.63) is 23.8 Å². The van der Waals surface area contributed by atoms with E-state index in [0.717, 1.165) is 23.4 Å². The minimum atomic E-state index is -0.0209. The fraction of sp³-hybridized carbons (Fsp3) is 0.417. The standard InChI is InChI=1S/C12H17N3O/c1-8(13)7-15-11-4-3-10(14)6-9(11)2-5-12(15)16/h3-4,6,8H,2,5,7,13-14H2,1H3. The van der Waals surface area contributed by atoms with Crippen LogP contribution in [0.25, 0.3) is 0 Å². The topological polar surface area (TPSA) is 72.3 Å². The van der Waals surface area contributed by atoms with Crippen LogP contribution < -0.4 is 16.4 Å². The van der Waals surface area contributed by atoms with Crippen LogP contribution in [0.1, 0.15) is 18.9 Å². The zero-order valence-corrected chi connectivity index (χ0v) is 9.44. The Morgan fingerprint density at radius 1 is 1.44 bits per heavy atom. The molecule has 1 atom stereocenters. The molecule has 0 saturated carbocycles. The van der Waals surface area contributed by atoms with Crippen LogP contribution in [-0.4, -0.2) is 18.5 Å². The molecule has 0 aromatic heterocycles. The van der Waals surface area contributed by atoms with Crippen LogP contribution in [0.4, 0.5) is 11.4 Å². The van der Waals surface area contributed by atoms with Gasteiger partial charge in [0.2, 0.25) is 5.91 Å². The smallest absolute Gasteiger partial charge is 0.227 e. The van der Waals surface area contributed by atoms with Gasteiger partial charge in [-0.15, -0.1) is 0 Å². The van der Waals surface area contributed by atoms with E-state index in [4.69, 9.17) is 11.5 Å². The lowest BCUT2D eigenvalue weighted by Gasteiger charge is -2.30. The highest BCUT2D eigenvalue weighted by molar-refractivity contribution is 5.96. The highest BCUT2D eigenvalue weighted by Gasteiger charge is 2.24. The second-order valence-electron chi connectivity index (χ2n) is 4.37. The normalized spacial score (nSPS) is 17.1. The number of amides is 1. The molecule has 86 valence electrons. The van der Waals surface area contributed by atoms with Gasteiger partial charge in [-0.1, -0.05) is 0 Å². The Kier molecular flexibility index (Phi) is 2.83. The van der Waals surface area contributed by atoms with E-state index in [0.29, 0.717) is 13.0 Å². The number of anilines is 2. The second-order valence-corrected chi connectivity index (χ2v) is 4.37. The average molecular weight is 219 g/mol. The van der Waals surface area contributed by atoms with Gasteiger partial charge in [-0.05, 0) is 37.1 Å². The van der Waals surface area contributed by atoms with Gasteiger partial charge in [0.05, 0.1) is 0 Å². The monoisotopic (exact) mass is 219 g/mol. The van der Waals surface area contributed by atoms with Crippen LogP contribution in [0.2, 0.25) is 0 Å². The molecule has 0 fully saturated rings. The first kappa shape index (κ1) is 11.0. The Morgan fingerprint density at radius 3 is 2.88 bits per heavy atom. The van der Waals surface area contributed by atoms with Crippen LogP contribution in [0, 0.1) is 0 Å². The Balaban J connectivity index is 2.36. The van der Waals surface area contributed by atoms with Crippen molar-refractivity contribution in [2.45, 2.75) is 25.8 Å². The molecule has 0 saturated heterocycles. The Morgan fingerprint density at radius 2 is 2.19 bits per heavy atom. The summed E-state index contributed by atoms with van der Waals surface area (Å²) < 4.78 is 0. The van der Waals surface area contributed by atoms with Crippen LogP contribution in [0.5, 0.6) is 0 Å². The van der Waals surface area contributed by atoms with E-state index < -0.39 is 0 Å². The van der Waals surface area contributed by atoms with E-state index in [-0.39, 0.29) is 11.9 Å². The Bertz CT molecular complexity index is 415. The minimum absolute atomic E-state index is 0.0209. The largest absolute Gasteiger partial charge is 0.399 e. The van der Waals surface area contributed by atoms with Crippen molar-refractivity contribution < 1.29 is 4.79 Å². The highest BCUT2D eigenvalue weighted by atomic mass is 16.2. The first-order chi connectivity index (χ1) is 7.58. The fourth-order valence-electron chi connectivity index (χ4n) is 2.07. The third-order valence-corrected chi connectivity index (χ3v) is 2.77. The number of hydrogen-bond acceptors (Lipinski definition) is 3. The molecule has 0 aliphatic carbocycles. The molecule has 16 heavy (non-hydrogen) atoms. The van der Waals surface area contributed by atoms with Crippen LogP contribution in [-0.2, 0) is 11.2 Å². The number of carbonyl (C=O) groups excluding carboxylic acids is 1. The number of fused-ring (bicyclic) bond motifs is 1. The molecule has 0 radical (unpaired) electrons. The average Bonchev–Trinajstić information content (AvgIpc) is 2.22. The maximum atomic E-state index is 11.8. The molecule has 1 unspecified atom stereocenters. The third kappa shape index (κ3) is 2.02. The molecule has 4 heteroatoms. The van der Waals surface area contributed by atoms with Crippen molar-refractivity contribution in [2.75, 3.05) is 17.2 Å². The molecule has 1 aliphatic rings. The van der Waals surface area contributed by atoms with Gasteiger partial charge < -0.3 is 16.4 Å². The summed E-state index contributed by atoms with van der Waals surface area (Å²) in [7, 11) is 0. The zero-order valence-electron chi connectivity index (χ0n) is 9.44. The van der Waals surface area contributed by atoms with E-state index in [2.05, 4.69) is 0 Å². The maximum Gasteiger partial charge on any atom is 0.227 e. The summed E-state index contributed by atoms with van der Waals surface area (Å²) in [5.74, 6) is 0.148. The minimum Gasteiger partial charge on any atom is -0.399 e. The molecular weight excluding hydrogens is 202 g/mol. The third-order valence-electron chi connectivity index (χ3n) is 2.77. The molecule has 0 bridgehead atoms. The lowest BCUT2D eigenvalue weighted by Crippen LogP contribution is -2.42. The number of nitrogens with zero attached hydrogens (tertiary/aromatic N) is 1. The number of rotatable bonds is 2. The first-order valence-corrected chi connectivity index (χ1v) is 5.52. The van der Waals surface area contributed by atoms with Crippen molar-refractivity contribution in [1.29, 1.82) is 0 Å². The number of benzene rings is 1. The van der Waals surface area contributed by atoms with Gasteiger partial charge in [0.25, 0.3) is 0 Å². The molecule has 4 nitrogen and oxygen atoms in total. The summed E-state index contributed by atoms with van der Waals surface area (Å²) in [6.45, 7) is 2.47. The van der Waals surface area contributed by atoms with Gasteiger partial charge >= 0.3 is 0 Å². The number of aryl methyl sites for hydroxylation is 1. The molecule has 4 N–H and O–H groups in total. The van der Waals surface area contributed by atoms with E-state index in [1.165, 1.54) is 0 Å². The van der Waals surface area contributed by atoms with Gasteiger partial charge in [-0.25, -0.2) is 0 Å². The van der Waals surface area contributed by atoms with Crippen LogP contribution in [0.15, 0.2) is 18.2 Å². The van der Waals surface area contributed by atoms with E-state index >= 15 is 0 Å². The van der Waals surface area contributed by atoms with E-state index in [1.807, 2.05) is 25.1 Å². The first-order valence-electron chi connectivity index (χ1n) is 5.52. The summed E-state index contributed by atoms with van der Waals surface area (Å²) in [5, 5.41) is 0. The molecule has 1 amide bonds. The predicted molar refractivity (Wildman–Crippen MR) is 65.2 cm³/mol. The number of hydrogen-bond donors (Lipinski definition) is 2. The summed E-state index contributed by atoms with van der Waals surface area (Å²) in [4.78, 5) is 13.6. The van der Waals surface area contributed by atoms with E-state index in [9.17, 15) is 4.79 Å². The molecule has 2 rings (SSSR count). The van der Waals surface area contributed by atoms with Gasteiger partial charge in [0.15, 0.2) is 0 Å². The zero-order chi connectivity index (χ0) is 11.7. The SMILES string of the molecule is CC(N)CN1C(=O)CCc2cc(N)ccc21. The fourth-order valence-corrected chi connectivity index (χ4v) is 2.07. The maximum absolute atomic E-state index is 11.8. The summed E-state index contributed by atoms with van der Waals surface area (Å²) >= 11 is 0. The van der Waals surface area contributed by atoms with Crippen LogP contribution in [0.3, 0.4) is 0 Å². The quantitative estimate of drug-likeness (QED) is 0.726. The van der Waals surface area contributed by atoms with E-state index in [1.54, 1.807) is 4.90 Å². The van der Waals surface area contributed by atoms with Crippen molar-refractivity contribution in [3.63, 3.8) is 0 Å². The Labute approximate surface area is 95.2 Å². The van der Waals surface area contributed by atoms with Crippen molar-refractivity contribution in [1.82, 2.24) is 0 Å². The molecule has 1 aromatic rings. The van der Waals surface area contributed by atoms with Gasteiger partial charge in [-0.2, -0.15) is 0 Å². The lowest BCUT2D eigenvalue weighted by molar-refractivity contribution is -0.118.